The summed E-state index contributed by atoms with van der Waals surface area (Å²) in [6, 6.07) is 0. The summed E-state index contributed by atoms with van der Waals surface area (Å²) < 4.78 is 26.1. The van der Waals surface area contributed by atoms with E-state index >= 15 is 0 Å². The molecule has 6 nitrogen and oxygen atoms in total. The van der Waals surface area contributed by atoms with E-state index in [9.17, 15) is 9.59 Å². The zero-order chi connectivity index (χ0) is 33.2. The van der Waals surface area contributed by atoms with Crippen LogP contribution in [0.4, 0.5) is 0 Å². The lowest BCUT2D eigenvalue weighted by Gasteiger charge is -2.54. The molecule has 1 fully saturated rings. The minimum atomic E-state index is -1.54. The van der Waals surface area contributed by atoms with Gasteiger partial charge in [-0.3, -0.25) is 4.79 Å². The molecule has 0 saturated carbocycles. The Morgan fingerprint density at radius 1 is 1.07 bits per heavy atom. The number of ether oxygens (including phenoxy) is 2. The van der Waals surface area contributed by atoms with E-state index in [0.717, 1.165) is 32.1 Å². The fourth-order valence-corrected chi connectivity index (χ4v) is 9.97. The summed E-state index contributed by atoms with van der Waals surface area (Å²) in [6.07, 6.45) is 10.8. The zero-order valence-corrected chi connectivity index (χ0v) is 32.5. The Bertz CT molecular complexity index is 1050. The first-order valence-corrected chi connectivity index (χ1v) is 23.0. The van der Waals surface area contributed by atoms with Gasteiger partial charge in [0.25, 0.3) is 0 Å². The van der Waals surface area contributed by atoms with Gasteiger partial charge < -0.3 is 18.3 Å². The van der Waals surface area contributed by atoms with Gasteiger partial charge >= 0.3 is 11.9 Å². The SMILES string of the molecule is CCC[C@H](C)C(=O)O[C@H]1C[C@H](C(C)(C)C)C=C2C=C[C@H](C)[C@](CC[C@@H]3C[C@H](C(C)(C)C)C(O[SiH](C)C)C(=O)O3)(O[SiH](C)C)[C@H]21. The third-order valence-corrected chi connectivity index (χ3v) is 12.0. The molecule has 0 bridgehead atoms. The Hall–Kier alpha value is -1.23. The van der Waals surface area contributed by atoms with Gasteiger partial charge in [0, 0.05) is 17.8 Å². The van der Waals surface area contributed by atoms with Crippen LogP contribution in [-0.4, -0.2) is 53.9 Å². The van der Waals surface area contributed by atoms with Crippen molar-refractivity contribution >= 4 is 30.0 Å². The Labute approximate surface area is 272 Å². The summed E-state index contributed by atoms with van der Waals surface area (Å²) in [6.45, 7) is 28.5. The molecule has 0 radical (unpaired) electrons. The van der Waals surface area contributed by atoms with Crippen molar-refractivity contribution in [2.24, 2.45) is 40.4 Å². The number of carbonyl (C=O) groups is 2. The molecular formula is C36H64O6Si2. The van der Waals surface area contributed by atoms with Crippen molar-refractivity contribution in [1.82, 2.24) is 0 Å². The molecule has 0 aromatic carbocycles. The van der Waals surface area contributed by atoms with Gasteiger partial charge in [-0.05, 0) is 80.6 Å². The second-order valence-electron chi connectivity index (χ2n) is 16.7. The number of fused-ring (bicyclic) bond motifs is 1. The highest BCUT2D eigenvalue weighted by Gasteiger charge is 2.55. The minimum Gasteiger partial charge on any atom is -0.461 e. The molecule has 1 saturated heterocycles. The molecule has 2 aliphatic carbocycles. The number of esters is 2. The first kappa shape index (κ1) is 37.2. The Morgan fingerprint density at radius 3 is 2.27 bits per heavy atom. The quantitative estimate of drug-likeness (QED) is 0.167. The molecule has 8 heteroatoms. The number of allylic oxidation sites excluding steroid dienone is 2. The van der Waals surface area contributed by atoms with Gasteiger partial charge in [-0.2, -0.15) is 0 Å². The maximum atomic E-state index is 13.5. The van der Waals surface area contributed by atoms with Crippen molar-refractivity contribution in [2.45, 2.75) is 151 Å². The van der Waals surface area contributed by atoms with E-state index in [0.29, 0.717) is 6.42 Å². The number of carbonyl (C=O) groups excluding carboxylic acids is 2. The topological polar surface area (TPSA) is 71.1 Å². The van der Waals surface area contributed by atoms with Crippen LogP contribution in [0.5, 0.6) is 0 Å². The summed E-state index contributed by atoms with van der Waals surface area (Å²) >= 11 is 0. The molecular weight excluding hydrogens is 585 g/mol. The lowest BCUT2D eigenvalue weighted by atomic mass is 9.59. The van der Waals surface area contributed by atoms with E-state index in [4.69, 9.17) is 18.3 Å². The van der Waals surface area contributed by atoms with E-state index in [2.05, 4.69) is 99.8 Å². The van der Waals surface area contributed by atoms with E-state index in [1.165, 1.54) is 5.57 Å². The molecule has 3 rings (SSSR count). The predicted molar refractivity (Wildman–Crippen MR) is 185 cm³/mol. The van der Waals surface area contributed by atoms with Crippen LogP contribution in [-0.2, 0) is 27.9 Å². The summed E-state index contributed by atoms with van der Waals surface area (Å²) in [5, 5.41) is 0. The standard InChI is InChI=1S/C36H64O6Si2/c1-14-15-23(2)32(37)40-29-21-26(34(4,5)6)20-25-17-16-24(3)36(30(25)29,42-44(12)13)19-18-27-22-28(35(7,8)9)31(33(38)39-27)41-43(10)11/h16-17,20,23-24,26-31,43-44H,14-15,18-19,21-22H2,1-13H3/t23-,24-,26+,27+,28-,29-,30+,31?,36-/m0/s1. The van der Waals surface area contributed by atoms with Crippen LogP contribution in [0.2, 0.25) is 26.2 Å². The monoisotopic (exact) mass is 648 g/mol. The molecule has 1 unspecified atom stereocenters. The van der Waals surface area contributed by atoms with Gasteiger partial charge in [-0.15, -0.1) is 0 Å². The largest absolute Gasteiger partial charge is 0.461 e. The first-order chi connectivity index (χ1) is 20.3. The number of hydrogen-bond donors (Lipinski definition) is 0. The molecule has 1 aliphatic heterocycles. The van der Waals surface area contributed by atoms with E-state index < -0.39 is 29.8 Å². The smallest absolute Gasteiger partial charge is 0.334 e. The highest BCUT2D eigenvalue weighted by atomic mass is 28.3. The highest BCUT2D eigenvalue weighted by Crippen LogP contribution is 2.53. The Morgan fingerprint density at radius 2 is 1.73 bits per heavy atom. The van der Waals surface area contributed by atoms with Gasteiger partial charge in [0.1, 0.15) is 18.3 Å². The van der Waals surface area contributed by atoms with Crippen molar-refractivity contribution in [2.75, 3.05) is 0 Å². The van der Waals surface area contributed by atoms with Gasteiger partial charge in [0.15, 0.2) is 18.1 Å². The van der Waals surface area contributed by atoms with E-state index in [1.54, 1.807) is 0 Å². The third-order valence-electron chi connectivity index (χ3n) is 10.2. The van der Waals surface area contributed by atoms with Crippen LogP contribution in [0, 0.1) is 40.4 Å². The zero-order valence-electron chi connectivity index (χ0n) is 30.2. The Balaban J connectivity index is 2.01. The number of hydrogen-bond acceptors (Lipinski definition) is 6. The van der Waals surface area contributed by atoms with Crippen LogP contribution in [0.15, 0.2) is 23.8 Å². The fraction of sp³-hybridized carbons (Fsp3) is 0.833. The average Bonchev–Trinajstić information content (AvgIpc) is 2.88. The molecule has 0 aromatic rings. The van der Waals surface area contributed by atoms with Crippen molar-refractivity contribution in [3.8, 4) is 0 Å². The van der Waals surface area contributed by atoms with Crippen molar-refractivity contribution < 1.29 is 27.9 Å². The molecule has 9 atom stereocenters. The second-order valence-corrected chi connectivity index (χ2v) is 21.4. The first-order valence-electron chi connectivity index (χ1n) is 17.4. The predicted octanol–water partition coefficient (Wildman–Crippen LogP) is 8.01. The fourth-order valence-electron chi connectivity index (χ4n) is 7.73. The molecule has 0 N–H and O–H groups in total. The average molecular weight is 649 g/mol. The molecule has 252 valence electrons. The van der Waals surface area contributed by atoms with Gasteiger partial charge in [0.05, 0.1) is 11.5 Å². The lowest BCUT2D eigenvalue weighted by Crippen LogP contribution is -2.58. The van der Waals surface area contributed by atoms with Crippen LogP contribution in [0.3, 0.4) is 0 Å². The van der Waals surface area contributed by atoms with Gasteiger partial charge in [-0.25, -0.2) is 4.79 Å². The highest BCUT2D eigenvalue weighted by molar-refractivity contribution is 6.48. The summed E-state index contributed by atoms with van der Waals surface area (Å²) in [7, 11) is -2.96. The van der Waals surface area contributed by atoms with Gasteiger partial charge in [0.2, 0.25) is 0 Å². The summed E-state index contributed by atoms with van der Waals surface area (Å²) in [5.41, 5.74) is 0.653. The molecule has 44 heavy (non-hydrogen) atoms. The van der Waals surface area contributed by atoms with Crippen LogP contribution in [0.25, 0.3) is 0 Å². The minimum absolute atomic E-state index is 0.0423. The Kier molecular flexibility index (Phi) is 12.4. The van der Waals surface area contributed by atoms with Crippen molar-refractivity contribution in [3.63, 3.8) is 0 Å². The van der Waals surface area contributed by atoms with Crippen LogP contribution >= 0.6 is 0 Å². The van der Waals surface area contributed by atoms with Crippen molar-refractivity contribution in [3.05, 3.63) is 23.8 Å². The van der Waals surface area contributed by atoms with E-state index in [-0.39, 0.29) is 64.6 Å². The summed E-state index contributed by atoms with van der Waals surface area (Å²) in [4.78, 5) is 26.9. The lowest BCUT2D eigenvalue weighted by molar-refractivity contribution is -0.179. The summed E-state index contributed by atoms with van der Waals surface area (Å²) in [5.74, 6) is 0.000308. The number of rotatable bonds is 11. The molecule has 0 aromatic heterocycles. The normalized spacial score (nSPS) is 33.6. The molecule has 3 aliphatic rings. The van der Waals surface area contributed by atoms with Gasteiger partial charge in [-0.1, -0.05) is 87.0 Å². The third kappa shape index (κ3) is 8.77. The van der Waals surface area contributed by atoms with E-state index in [1.807, 2.05) is 6.92 Å². The molecule has 0 amide bonds. The number of cyclic esters (lactones) is 1. The van der Waals surface area contributed by atoms with Crippen molar-refractivity contribution in [1.29, 1.82) is 0 Å². The molecule has 1 heterocycles. The van der Waals surface area contributed by atoms with Crippen LogP contribution in [0.1, 0.15) is 101 Å². The maximum Gasteiger partial charge on any atom is 0.334 e. The maximum absolute atomic E-state index is 13.5. The second kappa shape index (κ2) is 14.7. The van der Waals surface area contributed by atoms with Crippen LogP contribution < -0.4 is 0 Å². The molecule has 0 spiro atoms.